The summed E-state index contributed by atoms with van der Waals surface area (Å²) in [6.07, 6.45) is 3.71. The lowest BCUT2D eigenvalue weighted by Crippen LogP contribution is -2.22. The van der Waals surface area contributed by atoms with Crippen molar-refractivity contribution in [2.24, 2.45) is 0 Å². The predicted molar refractivity (Wildman–Crippen MR) is 107 cm³/mol. The van der Waals surface area contributed by atoms with Crippen LogP contribution in [0, 0.1) is 0 Å². The molecule has 0 saturated heterocycles. The number of halogens is 1. The lowest BCUT2D eigenvalue weighted by atomic mass is 10.0. The third kappa shape index (κ3) is 5.60. The van der Waals surface area contributed by atoms with Crippen LogP contribution in [0.5, 0.6) is 0 Å². The average Bonchev–Trinajstić information content (AvgIpc) is 2.60. The average molecular weight is 373 g/mol. The van der Waals surface area contributed by atoms with Crippen molar-refractivity contribution in [2.75, 3.05) is 19.4 Å². The van der Waals surface area contributed by atoms with Crippen molar-refractivity contribution >= 4 is 29.1 Å². The van der Waals surface area contributed by atoms with Gasteiger partial charge < -0.3 is 10.2 Å². The summed E-state index contributed by atoms with van der Waals surface area (Å²) < 4.78 is 0. The van der Waals surface area contributed by atoms with Gasteiger partial charge in [-0.25, -0.2) is 0 Å². The van der Waals surface area contributed by atoms with Gasteiger partial charge in [-0.15, -0.1) is 0 Å². The zero-order chi connectivity index (χ0) is 19.1. The van der Waals surface area contributed by atoms with Gasteiger partial charge in [0.1, 0.15) is 0 Å². The number of nitrogens with zero attached hydrogens (tertiary/aromatic N) is 1. The van der Waals surface area contributed by atoms with Crippen LogP contribution in [0.15, 0.2) is 42.5 Å². The SMILES string of the molecule is CCCCc1ccc(CC(=O)Nc2ccc(C(=O)N(C)C)c(Cl)c2)cc1. The van der Waals surface area contributed by atoms with Gasteiger partial charge in [0.05, 0.1) is 17.0 Å². The van der Waals surface area contributed by atoms with Crippen LogP contribution >= 0.6 is 11.6 Å². The van der Waals surface area contributed by atoms with Crippen LogP contribution in [0.25, 0.3) is 0 Å². The van der Waals surface area contributed by atoms with Gasteiger partial charge in [0.25, 0.3) is 5.91 Å². The van der Waals surface area contributed by atoms with Gasteiger partial charge in [0, 0.05) is 19.8 Å². The Labute approximate surface area is 160 Å². The summed E-state index contributed by atoms with van der Waals surface area (Å²) in [7, 11) is 3.34. The predicted octanol–water partition coefficient (Wildman–Crippen LogP) is 4.57. The summed E-state index contributed by atoms with van der Waals surface area (Å²) in [5.41, 5.74) is 3.25. The van der Waals surface area contributed by atoms with Gasteiger partial charge in [-0.2, -0.15) is 0 Å². The van der Waals surface area contributed by atoms with Crippen LogP contribution in [0.4, 0.5) is 5.69 Å². The largest absolute Gasteiger partial charge is 0.345 e. The van der Waals surface area contributed by atoms with Crippen LogP contribution in [-0.2, 0) is 17.6 Å². The molecule has 4 nitrogen and oxygen atoms in total. The van der Waals surface area contributed by atoms with E-state index < -0.39 is 0 Å². The fourth-order valence-corrected chi connectivity index (χ4v) is 2.86. The quantitative estimate of drug-likeness (QED) is 0.774. The molecule has 2 rings (SSSR count). The maximum atomic E-state index is 12.2. The maximum Gasteiger partial charge on any atom is 0.254 e. The number of anilines is 1. The van der Waals surface area contributed by atoms with E-state index in [2.05, 4.69) is 24.4 Å². The van der Waals surface area contributed by atoms with Gasteiger partial charge in [-0.1, -0.05) is 49.2 Å². The lowest BCUT2D eigenvalue weighted by molar-refractivity contribution is -0.115. The molecule has 0 unspecified atom stereocenters. The number of amides is 2. The topological polar surface area (TPSA) is 49.4 Å². The Balaban J connectivity index is 1.97. The van der Waals surface area contributed by atoms with E-state index in [1.165, 1.54) is 23.3 Å². The molecule has 0 bridgehead atoms. The lowest BCUT2D eigenvalue weighted by Gasteiger charge is -2.13. The van der Waals surface area contributed by atoms with Gasteiger partial charge in [0.15, 0.2) is 0 Å². The van der Waals surface area contributed by atoms with Gasteiger partial charge >= 0.3 is 0 Å². The summed E-state index contributed by atoms with van der Waals surface area (Å²) in [5.74, 6) is -0.287. The zero-order valence-corrected chi connectivity index (χ0v) is 16.3. The molecule has 0 aromatic heterocycles. The van der Waals surface area contributed by atoms with E-state index in [4.69, 9.17) is 11.6 Å². The number of benzene rings is 2. The summed E-state index contributed by atoms with van der Waals surface area (Å²) in [6, 6.07) is 13.1. The maximum absolute atomic E-state index is 12.2. The first-order valence-electron chi connectivity index (χ1n) is 8.79. The van der Waals surface area contributed by atoms with Crippen molar-refractivity contribution in [3.8, 4) is 0 Å². The molecule has 0 aliphatic carbocycles. The summed E-state index contributed by atoms with van der Waals surface area (Å²) >= 11 is 6.17. The summed E-state index contributed by atoms with van der Waals surface area (Å²) in [6.45, 7) is 2.17. The molecule has 26 heavy (non-hydrogen) atoms. The fraction of sp³-hybridized carbons (Fsp3) is 0.333. The molecule has 2 aromatic rings. The number of hydrogen-bond acceptors (Lipinski definition) is 2. The Morgan fingerprint density at radius 1 is 1.04 bits per heavy atom. The van der Waals surface area contributed by atoms with Crippen LogP contribution in [0.3, 0.4) is 0 Å². The van der Waals surface area contributed by atoms with Crippen molar-refractivity contribution in [1.82, 2.24) is 4.90 Å². The highest BCUT2D eigenvalue weighted by Gasteiger charge is 2.13. The monoisotopic (exact) mass is 372 g/mol. The molecule has 0 fully saturated rings. The zero-order valence-electron chi connectivity index (χ0n) is 15.5. The van der Waals surface area contributed by atoms with Crippen LogP contribution in [-0.4, -0.2) is 30.8 Å². The Morgan fingerprint density at radius 2 is 1.69 bits per heavy atom. The van der Waals surface area contributed by atoms with E-state index in [1.54, 1.807) is 32.3 Å². The normalized spacial score (nSPS) is 10.5. The van der Waals surface area contributed by atoms with E-state index in [0.717, 1.165) is 12.0 Å². The summed E-state index contributed by atoms with van der Waals surface area (Å²) in [5, 5.41) is 3.15. The molecule has 0 atom stereocenters. The molecule has 0 heterocycles. The second-order valence-electron chi connectivity index (χ2n) is 6.54. The van der Waals surface area contributed by atoms with Crippen molar-refractivity contribution in [3.63, 3.8) is 0 Å². The van der Waals surface area contributed by atoms with Crippen LogP contribution in [0.2, 0.25) is 5.02 Å². The van der Waals surface area contributed by atoms with E-state index in [0.29, 0.717) is 22.7 Å². The molecule has 0 radical (unpaired) electrons. The molecular weight excluding hydrogens is 348 g/mol. The number of carbonyl (C=O) groups excluding carboxylic acids is 2. The van der Waals surface area contributed by atoms with Crippen LogP contribution < -0.4 is 5.32 Å². The standard InChI is InChI=1S/C21H25ClN2O2/c1-4-5-6-15-7-9-16(10-8-15)13-20(25)23-17-11-12-18(19(22)14-17)21(26)24(2)3/h7-12,14H,4-6,13H2,1-3H3,(H,23,25). The first kappa shape index (κ1) is 20.0. The highest BCUT2D eigenvalue weighted by Crippen LogP contribution is 2.22. The molecule has 0 saturated carbocycles. The smallest absolute Gasteiger partial charge is 0.254 e. The minimum Gasteiger partial charge on any atom is -0.345 e. The third-order valence-corrected chi connectivity index (χ3v) is 4.41. The highest BCUT2D eigenvalue weighted by molar-refractivity contribution is 6.34. The summed E-state index contributed by atoms with van der Waals surface area (Å²) in [4.78, 5) is 25.7. The number of rotatable bonds is 7. The molecule has 0 aliphatic rings. The Bertz CT molecular complexity index is 770. The molecule has 0 aliphatic heterocycles. The van der Waals surface area contributed by atoms with Crippen molar-refractivity contribution in [1.29, 1.82) is 0 Å². The molecular formula is C21H25ClN2O2. The number of hydrogen-bond donors (Lipinski definition) is 1. The van der Waals surface area contributed by atoms with Gasteiger partial charge in [0.2, 0.25) is 5.91 Å². The molecule has 2 aromatic carbocycles. The first-order valence-corrected chi connectivity index (χ1v) is 9.17. The number of nitrogens with one attached hydrogen (secondary N) is 1. The minimum atomic E-state index is -0.170. The molecule has 1 N–H and O–H groups in total. The number of unbranched alkanes of at least 4 members (excludes halogenated alkanes) is 1. The molecule has 2 amide bonds. The van der Waals surface area contributed by atoms with Gasteiger partial charge in [-0.3, -0.25) is 9.59 Å². The number of aryl methyl sites for hydroxylation is 1. The van der Waals surface area contributed by atoms with Crippen LogP contribution in [0.1, 0.15) is 41.3 Å². The molecule has 138 valence electrons. The Morgan fingerprint density at radius 3 is 2.27 bits per heavy atom. The van der Waals surface area contributed by atoms with E-state index in [1.807, 2.05) is 12.1 Å². The second kappa shape index (κ2) is 9.39. The van der Waals surface area contributed by atoms with Crippen molar-refractivity contribution in [2.45, 2.75) is 32.6 Å². The fourth-order valence-electron chi connectivity index (χ4n) is 2.60. The highest BCUT2D eigenvalue weighted by atomic mass is 35.5. The van der Waals surface area contributed by atoms with Gasteiger partial charge in [-0.05, 0) is 42.2 Å². The van der Waals surface area contributed by atoms with E-state index in [-0.39, 0.29) is 11.8 Å². The van der Waals surface area contributed by atoms with E-state index >= 15 is 0 Å². The van der Waals surface area contributed by atoms with Crippen molar-refractivity contribution in [3.05, 3.63) is 64.2 Å². The number of carbonyl (C=O) groups is 2. The Hall–Kier alpha value is -2.33. The third-order valence-electron chi connectivity index (χ3n) is 4.10. The Kier molecular flexibility index (Phi) is 7.22. The molecule has 0 spiro atoms. The molecule has 5 heteroatoms. The second-order valence-corrected chi connectivity index (χ2v) is 6.95. The minimum absolute atomic E-state index is 0.117. The van der Waals surface area contributed by atoms with E-state index in [9.17, 15) is 9.59 Å². The van der Waals surface area contributed by atoms with Crippen molar-refractivity contribution < 1.29 is 9.59 Å². The first-order chi connectivity index (χ1) is 12.4.